The number of nitriles is 1. The van der Waals surface area contributed by atoms with Crippen LogP contribution in [-0.2, 0) is 19.7 Å². The Morgan fingerprint density at radius 1 is 1.40 bits per heavy atom. The Kier molecular flexibility index (Phi) is 5.13. The Morgan fingerprint density at radius 2 is 2.08 bits per heavy atom. The Balaban J connectivity index is 2.88. The summed E-state index contributed by atoms with van der Waals surface area (Å²) in [5, 5.41) is 10.1. The predicted molar refractivity (Wildman–Crippen MR) is 95.8 cm³/mol. The topological polar surface area (TPSA) is 70.4 Å². The molecule has 130 valence electrons. The van der Waals surface area contributed by atoms with Crippen molar-refractivity contribution in [3.05, 3.63) is 55.1 Å². The minimum Gasteiger partial charge on any atom is -0.465 e. The molecule has 1 aliphatic heterocycles. The molecule has 0 fully saturated rings. The van der Waals surface area contributed by atoms with Crippen LogP contribution in [0.3, 0.4) is 0 Å². The summed E-state index contributed by atoms with van der Waals surface area (Å²) in [6.45, 7) is 9.24. The first-order chi connectivity index (χ1) is 12.0. The summed E-state index contributed by atoms with van der Waals surface area (Å²) in [4.78, 5) is 27.8. The third-order valence-electron chi connectivity index (χ3n) is 4.84. The van der Waals surface area contributed by atoms with Crippen molar-refractivity contribution in [3.63, 3.8) is 0 Å². The first-order valence-corrected chi connectivity index (χ1v) is 8.14. The van der Waals surface area contributed by atoms with Gasteiger partial charge in [-0.3, -0.25) is 9.59 Å². The van der Waals surface area contributed by atoms with Crippen LogP contribution in [0.4, 0.5) is 5.69 Å². The predicted octanol–water partition coefficient (Wildman–Crippen LogP) is 3.13. The van der Waals surface area contributed by atoms with Crippen LogP contribution in [0, 0.1) is 16.7 Å². The molecular weight excluding hydrogens is 316 g/mol. The number of para-hydroxylation sites is 1. The van der Waals surface area contributed by atoms with E-state index in [0.29, 0.717) is 11.3 Å². The molecule has 2 atom stereocenters. The number of fused-ring (bicyclic) bond motifs is 1. The first-order valence-electron chi connectivity index (χ1n) is 8.14. The molecule has 5 heteroatoms. The molecule has 2 rings (SSSR count). The highest BCUT2D eigenvalue weighted by Gasteiger charge is 2.66. The maximum Gasteiger partial charge on any atom is 0.328 e. The Morgan fingerprint density at radius 3 is 2.64 bits per heavy atom. The third-order valence-corrected chi connectivity index (χ3v) is 4.84. The smallest absolute Gasteiger partial charge is 0.328 e. The molecule has 25 heavy (non-hydrogen) atoms. The van der Waals surface area contributed by atoms with E-state index in [2.05, 4.69) is 19.2 Å². The number of nitrogens with zero attached hydrogens (tertiary/aromatic N) is 2. The van der Waals surface area contributed by atoms with Gasteiger partial charge in [0.2, 0.25) is 5.91 Å². The SMILES string of the molecule is C=CCC(C#N)(C(=O)OCC)C1(CC=C)C(=O)N(C)c2ccccc21. The van der Waals surface area contributed by atoms with E-state index in [9.17, 15) is 14.9 Å². The van der Waals surface area contributed by atoms with Crippen molar-refractivity contribution in [2.45, 2.75) is 25.2 Å². The molecule has 0 bridgehead atoms. The molecule has 1 aromatic carbocycles. The molecule has 1 aromatic rings. The summed E-state index contributed by atoms with van der Waals surface area (Å²) in [5.41, 5.74) is -1.78. The van der Waals surface area contributed by atoms with Gasteiger partial charge in [0.1, 0.15) is 5.41 Å². The first kappa shape index (κ1) is 18.5. The van der Waals surface area contributed by atoms with E-state index in [-0.39, 0.29) is 25.4 Å². The second-order valence-electron chi connectivity index (χ2n) is 6.01. The van der Waals surface area contributed by atoms with E-state index in [1.54, 1.807) is 38.2 Å². The van der Waals surface area contributed by atoms with Crippen molar-refractivity contribution in [1.29, 1.82) is 5.26 Å². The van der Waals surface area contributed by atoms with E-state index < -0.39 is 16.8 Å². The summed E-state index contributed by atoms with van der Waals surface area (Å²) in [6, 6.07) is 9.32. The zero-order valence-electron chi connectivity index (χ0n) is 14.6. The van der Waals surface area contributed by atoms with Gasteiger partial charge in [0.15, 0.2) is 5.41 Å². The molecule has 1 amide bonds. The second kappa shape index (κ2) is 6.94. The molecule has 1 aliphatic rings. The third kappa shape index (κ3) is 2.37. The van der Waals surface area contributed by atoms with Gasteiger partial charge in [0, 0.05) is 12.7 Å². The number of likely N-dealkylation sites (N-methyl/N-ethyl adjacent to an activating group) is 1. The fraction of sp³-hybridized carbons (Fsp3) is 0.350. The lowest BCUT2D eigenvalue weighted by molar-refractivity contribution is -0.158. The monoisotopic (exact) mass is 338 g/mol. The Labute approximate surface area is 148 Å². The molecule has 0 N–H and O–H groups in total. The minimum atomic E-state index is -1.71. The van der Waals surface area contributed by atoms with E-state index in [0.717, 1.165) is 0 Å². The van der Waals surface area contributed by atoms with E-state index in [1.165, 1.54) is 11.0 Å². The van der Waals surface area contributed by atoms with Crippen LogP contribution in [0.15, 0.2) is 49.6 Å². The Bertz CT molecular complexity index is 764. The fourth-order valence-electron chi connectivity index (χ4n) is 3.73. The zero-order valence-corrected chi connectivity index (χ0v) is 14.6. The number of ether oxygens (including phenoxy) is 1. The molecule has 5 nitrogen and oxygen atoms in total. The molecule has 1 heterocycles. The standard InChI is InChI=1S/C20H22N2O3/c1-5-12-19(14-21,18(24)25-7-3)20(13-6-2)15-10-8-9-11-16(15)22(4)17(20)23/h5-6,8-11H,1-2,7,12-13H2,3-4H3. The van der Waals surface area contributed by atoms with Crippen molar-refractivity contribution >= 4 is 17.6 Å². The van der Waals surface area contributed by atoms with E-state index in [1.807, 2.05) is 6.07 Å². The van der Waals surface area contributed by atoms with E-state index in [4.69, 9.17) is 4.74 Å². The second-order valence-corrected chi connectivity index (χ2v) is 6.01. The van der Waals surface area contributed by atoms with Crippen molar-refractivity contribution < 1.29 is 14.3 Å². The molecule has 0 aromatic heterocycles. The van der Waals surface area contributed by atoms with E-state index >= 15 is 0 Å². The minimum absolute atomic E-state index is 0.00406. The van der Waals surface area contributed by atoms with Crippen LogP contribution in [-0.4, -0.2) is 25.5 Å². The van der Waals surface area contributed by atoms with Gasteiger partial charge in [-0.15, -0.1) is 13.2 Å². The number of rotatable bonds is 7. The van der Waals surface area contributed by atoms with Gasteiger partial charge in [-0.05, 0) is 31.4 Å². The molecule has 0 radical (unpaired) electrons. The highest BCUT2D eigenvalue weighted by molar-refractivity contribution is 6.12. The molecule has 0 saturated heterocycles. The summed E-state index contributed by atoms with van der Waals surface area (Å²) in [5.74, 6) is -1.03. The van der Waals surface area contributed by atoms with Crippen LogP contribution < -0.4 is 4.90 Å². The molecule has 2 unspecified atom stereocenters. The lowest BCUT2D eigenvalue weighted by Crippen LogP contribution is -2.55. The van der Waals surface area contributed by atoms with Gasteiger partial charge in [0.05, 0.1) is 12.7 Å². The van der Waals surface area contributed by atoms with Gasteiger partial charge in [-0.25, -0.2) is 0 Å². The maximum absolute atomic E-state index is 13.3. The van der Waals surface area contributed by atoms with Crippen LogP contribution in [0.1, 0.15) is 25.3 Å². The van der Waals surface area contributed by atoms with Crippen LogP contribution >= 0.6 is 0 Å². The van der Waals surface area contributed by atoms with Gasteiger partial charge in [-0.2, -0.15) is 5.26 Å². The Hall–Kier alpha value is -2.87. The van der Waals surface area contributed by atoms with Gasteiger partial charge in [-0.1, -0.05) is 30.4 Å². The number of hydrogen-bond acceptors (Lipinski definition) is 4. The maximum atomic E-state index is 13.3. The van der Waals surface area contributed by atoms with Crippen molar-refractivity contribution in [1.82, 2.24) is 0 Å². The molecule has 0 saturated carbocycles. The summed E-state index contributed by atoms with van der Waals surface area (Å²) < 4.78 is 5.22. The van der Waals surface area contributed by atoms with Crippen LogP contribution in [0.5, 0.6) is 0 Å². The quantitative estimate of drug-likeness (QED) is 0.566. The number of amides is 1. The number of hydrogen-bond donors (Lipinski definition) is 0. The van der Waals surface area contributed by atoms with Gasteiger partial charge < -0.3 is 9.64 Å². The summed E-state index contributed by atoms with van der Waals surface area (Å²) in [7, 11) is 1.65. The summed E-state index contributed by atoms with van der Waals surface area (Å²) >= 11 is 0. The van der Waals surface area contributed by atoms with Crippen LogP contribution in [0.25, 0.3) is 0 Å². The number of benzene rings is 1. The average molecular weight is 338 g/mol. The molecule has 0 spiro atoms. The lowest BCUT2D eigenvalue weighted by Gasteiger charge is -2.40. The van der Waals surface area contributed by atoms with Crippen LogP contribution in [0.2, 0.25) is 0 Å². The number of allylic oxidation sites excluding steroid dienone is 2. The number of carbonyl (C=O) groups excluding carboxylic acids is 2. The van der Waals surface area contributed by atoms with Crippen molar-refractivity contribution in [3.8, 4) is 6.07 Å². The number of carbonyl (C=O) groups is 2. The molecular formula is C20H22N2O3. The number of esters is 1. The normalized spacial score (nSPS) is 21.0. The zero-order chi connectivity index (χ0) is 18.7. The summed E-state index contributed by atoms with van der Waals surface area (Å²) in [6.07, 6.45) is 3.21. The van der Waals surface area contributed by atoms with Gasteiger partial charge in [0.25, 0.3) is 0 Å². The van der Waals surface area contributed by atoms with Crippen molar-refractivity contribution in [2.75, 3.05) is 18.6 Å². The van der Waals surface area contributed by atoms with Gasteiger partial charge >= 0.3 is 5.97 Å². The average Bonchev–Trinajstić information content (AvgIpc) is 2.83. The molecule has 0 aliphatic carbocycles. The fourth-order valence-corrected chi connectivity index (χ4v) is 3.73. The highest BCUT2D eigenvalue weighted by atomic mass is 16.5. The number of anilines is 1. The lowest BCUT2D eigenvalue weighted by atomic mass is 9.57. The van der Waals surface area contributed by atoms with Crippen molar-refractivity contribution in [2.24, 2.45) is 5.41 Å². The highest BCUT2D eigenvalue weighted by Crippen LogP contribution is 2.55. The largest absolute Gasteiger partial charge is 0.465 e.